The molecule has 0 N–H and O–H groups in total. The first-order valence-electron chi connectivity index (χ1n) is 8.87. The van der Waals surface area contributed by atoms with Gasteiger partial charge in [0.2, 0.25) is 0 Å². The van der Waals surface area contributed by atoms with Crippen molar-refractivity contribution in [1.82, 2.24) is 0 Å². The molecule has 2 aliphatic carbocycles. The fourth-order valence-corrected chi connectivity index (χ4v) is 4.65. The van der Waals surface area contributed by atoms with E-state index < -0.39 is 0 Å². The van der Waals surface area contributed by atoms with Crippen molar-refractivity contribution in [2.24, 2.45) is 29.6 Å². The van der Waals surface area contributed by atoms with Gasteiger partial charge in [0.25, 0.3) is 0 Å². The van der Waals surface area contributed by atoms with Crippen LogP contribution in [0.4, 0.5) is 0 Å². The van der Waals surface area contributed by atoms with Crippen molar-refractivity contribution in [2.75, 3.05) is 0 Å². The molecular formula is C19H34. The average Bonchev–Trinajstić information content (AvgIpc) is 2.34. The molecule has 0 aromatic rings. The monoisotopic (exact) mass is 262 g/mol. The zero-order valence-electron chi connectivity index (χ0n) is 13.4. The molecule has 0 radical (unpaired) electrons. The largest absolute Gasteiger partial charge is 0.0880 e. The second-order valence-corrected chi connectivity index (χ2v) is 7.51. The third-order valence-corrected chi connectivity index (χ3v) is 5.62. The van der Waals surface area contributed by atoms with Crippen molar-refractivity contribution in [1.29, 1.82) is 0 Å². The van der Waals surface area contributed by atoms with E-state index >= 15 is 0 Å². The summed E-state index contributed by atoms with van der Waals surface area (Å²) in [4.78, 5) is 0. The second-order valence-electron chi connectivity index (χ2n) is 7.51. The molecule has 5 atom stereocenters. The van der Waals surface area contributed by atoms with Crippen molar-refractivity contribution in [2.45, 2.75) is 78.6 Å². The highest BCUT2D eigenvalue weighted by Gasteiger charge is 2.32. The maximum atomic E-state index is 2.58. The maximum Gasteiger partial charge on any atom is -0.0200 e. The number of hydrogen-bond donors (Lipinski definition) is 0. The molecule has 0 aromatic carbocycles. The Balaban J connectivity index is 1.98. The first-order valence-corrected chi connectivity index (χ1v) is 8.87. The Kier molecular flexibility index (Phi) is 5.98. The van der Waals surface area contributed by atoms with Crippen molar-refractivity contribution in [3.63, 3.8) is 0 Å². The van der Waals surface area contributed by atoms with Gasteiger partial charge in [-0.2, -0.15) is 0 Å². The topological polar surface area (TPSA) is 0 Å². The molecule has 0 heteroatoms. The number of rotatable bonds is 4. The lowest BCUT2D eigenvalue weighted by Crippen LogP contribution is -2.29. The molecule has 0 aromatic heterocycles. The molecule has 0 bridgehead atoms. The van der Waals surface area contributed by atoms with Crippen LogP contribution in [-0.2, 0) is 0 Å². The van der Waals surface area contributed by atoms with Crippen molar-refractivity contribution in [3.05, 3.63) is 12.2 Å². The Morgan fingerprint density at radius 3 is 2.79 bits per heavy atom. The van der Waals surface area contributed by atoms with Crippen LogP contribution in [-0.4, -0.2) is 0 Å². The molecule has 0 saturated heterocycles. The molecule has 1 fully saturated rings. The highest BCUT2D eigenvalue weighted by Crippen LogP contribution is 2.42. The SMILES string of the molecule is CCCC(C)CC1C=CCC2CC(C)CCCCC12. The normalized spacial score (nSPS) is 37.2. The van der Waals surface area contributed by atoms with E-state index in [1.54, 1.807) is 0 Å². The van der Waals surface area contributed by atoms with Crippen LogP contribution in [0.3, 0.4) is 0 Å². The predicted molar refractivity (Wildman–Crippen MR) is 85.2 cm³/mol. The molecule has 19 heavy (non-hydrogen) atoms. The van der Waals surface area contributed by atoms with Gasteiger partial charge in [-0.1, -0.05) is 65.0 Å². The standard InChI is InChI=1S/C19H34/c1-4-8-15(2)13-17-10-7-11-18-14-16(3)9-5-6-12-19(17)18/h7,10,15-19H,4-6,8-9,11-14H2,1-3H3. The molecule has 0 heterocycles. The zero-order chi connectivity index (χ0) is 13.7. The minimum Gasteiger partial charge on any atom is -0.0880 e. The molecule has 0 aliphatic heterocycles. The van der Waals surface area contributed by atoms with E-state index in [0.717, 1.165) is 29.6 Å². The zero-order valence-corrected chi connectivity index (χ0v) is 13.4. The van der Waals surface area contributed by atoms with Crippen LogP contribution in [0, 0.1) is 29.6 Å². The minimum absolute atomic E-state index is 0.894. The third kappa shape index (κ3) is 4.36. The first kappa shape index (κ1) is 15.1. The molecule has 5 unspecified atom stereocenters. The molecule has 2 aliphatic rings. The summed E-state index contributed by atoms with van der Waals surface area (Å²) in [7, 11) is 0. The summed E-state index contributed by atoms with van der Waals surface area (Å²) < 4.78 is 0. The Morgan fingerprint density at radius 2 is 2.00 bits per heavy atom. The average molecular weight is 262 g/mol. The smallest absolute Gasteiger partial charge is 0.0200 e. The molecule has 110 valence electrons. The molecule has 0 nitrogen and oxygen atoms in total. The van der Waals surface area contributed by atoms with Gasteiger partial charge in [0.15, 0.2) is 0 Å². The molecule has 1 saturated carbocycles. The van der Waals surface area contributed by atoms with E-state index in [1.807, 2.05) is 0 Å². The molecule has 0 amide bonds. The fraction of sp³-hybridized carbons (Fsp3) is 0.895. The number of allylic oxidation sites excluding steroid dienone is 2. The van der Waals surface area contributed by atoms with Gasteiger partial charge in [-0.05, 0) is 55.3 Å². The van der Waals surface area contributed by atoms with Crippen LogP contribution >= 0.6 is 0 Å². The summed E-state index contributed by atoms with van der Waals surface area (Å²) in [5, 5.41) is 0. The number of fused-ring (bicyclic) bond motifs is 1. The predicted octanol–water partition coefficient (Wildman–Crippen LogP) is 6.22. The van der Waals surface area contributed by atoms with Gasteiger partial charge in [-0.25, -0.2) is 0 Å². The Hall–Kier alpha value is -0.260. The summed E-state index contributed by atoms with van der Waals surface area (Å²) in [6, 6.07) is 0. The van der Waals surface area contributed by atoms with Crippen LogP contribution in [0.1, 0.15) is 78.6 Å². The van der Waals surface area contributed by atoms with Crippen molar-refractivity contribution in [3.8, 4) is 0 Å². The summed E-state index contributed by atoms with van der Waals surface area (Å²) in [5.74, 6) is 4.78. The lowest BCUT2D eigenvalue weighted by atomic mass is 9.66. The van der Waals surface area contributed by atoms with Crippen LogP contribution < -0.4 is 0 Å². The van der Waals surface area contributed by atoms with Crippen molar-refractivity contribution < 1.29 is 0 Å². The van der Waals surface area contributed by atoms with Gasteiger partial charge in [0.05, 0.1) is 0 Å². The highest BCUT2D eigenvalue weighted by molar-refractivity contribution is 5.01. The van der Waals surface area contributed by atoms with Gasteiger partial charge in [-0.15, -0.1) is 0 Å². The first-order chi connectivity index (χ1) is 9.20. The van der Waals surface area contributed by atoms with Crippen LogP contribution in [0.25, 0.3) is 0 Å². The second kappa shape index (κ2) is 7.50. The van der Waals surface area contributed by atoms with E-state index in [9.17, 15) is 0 Å². The van der Waals surface area contributed by atoms with Gasteiger partial charge >= 0.3 is 0 Å². The van der Waals surface area contributed by atoms with Crippen LogP contribution in [0.15, 0.2) is 12.2 Å². The van der Waals surface area contributed by atoms with Crippen LogP contribution in [0.5, 0.6) is 0 Å². The third-order valence-electron chi connectivity index (χ3n) is 5.62. The lowest BCUT2D eigenvalue weighted by Gasteiger charge is -2.39. The molecule has 0 spiro atoms. The van der Waals surface area contributed by atoms with Gasteiger partial charge in [0, 0.05) is 0 Å². The summed E-state index contributed by atoms with van der Waals surface area (Å²) in [6.07, 6.45) is 18.1. The van der Waals surface area contributed by atoms with E-state index in [1.165, 1.54) is 57.8 Å². The van der Waals surface area contributed by atoms with Gasteiger partial charge in [0.1, 0.15) is 0 Å². The number of hydrogen-bond acceptors (Lipinski definition) is 0. The van der Waals surface area contributed by atoms with Gasteiger partial charge in [-0.3, -0.25) is 0 Å². The Bertz CT molecular complexity index is 278. The van der Waals surface area contributed by atoms with Gasteiger partial charge < -0.3 is 0 Å². The lowest BCUT2D eigenvalue weighted by molar-refractivity contribution is 0.156. The van der Waals surface area contributed by atoms with Crippen LogP contribution in [0.2, 0.25) is 0 Å². The molecular weight excluding hydrogens is 228 g/mol. The van der Waals surface area contributed by atoms with E-state index in [0.29, 0.717) is 0 Å². The quantitative estimate of drug-likeness (QED) is 0.527. The Morgan fingerprint density at radius 1 is 1.21 bits per heavy atom. The minimum atomic E-state index is 0.894. The summed E-state index contributed by atoms with van der Waals surface area (Å²) in [6.45, 7) is 7.27. The highest BCUT2D eigenvalue weighted by atomic mass is 14.4. The van der Waals surface area contributed by atoms with E-state index in [4.69, 9.17) is 0 Å². The fourth-order valence-electron chi connectivity index (χ4n) is 4.65. The van der Waals surface area contributed by atoms with Crippen molar-refractivity contribution >= 4 is 0 Å². The molecule has 2 rings (SSSR count). The summed E-state index contributed by atoms with van der Waals surface area (Å²) in [5.41, 5.74) is 0. The maximum absolute atomic E-state index is 2.58. The van der Waals surface area contributed by atoms with E-state index in [2.05, 4.69) is 32.9 Å². The Labute approximate surface area is 121 Å². The van der Waals surface area contributed by atoms with E-state index in [-0.39, 0.29) is 0 Å². The summed E-state index contributed by atoms with van der Waals surface area (Å²) >= 11 is 0.